The number of fused-ring (bicyclic) bond motifs is 3. The molecule has 2 aromatic heterocycles. The molecule has 0 aliphatic carbocycles. The number of rotatable bonds is 4. The normalized spacial score (nSPS) is 14.9. The molecule has 5 rings (SSSR count). The van der Waals surface area contributed by atoms with Gasteiger partial charge in [-0.15, -0.1) is 21.5 Å². The minimum atomic E-state index is -0.955. The van der Waals surface area contributed by atoms with Gasteiger partial charge in [0, 0.05) is 21.6 Å². The van der Waals surface area contributed by atoms with Crippen molar-refractivity contribution in [3.8, 4) is 16.1 Å². The van der Waals surface area contributed by atoms with Gasteiger partial charge in [0.1, 0.15) is 22.7 Å². The third kappa shape index (κ3) is 3.56. The predicted octanol–water partition coefficient (Wildman–Crippen LogP) is 5.43. The average molecular weight is 461 g/mol. The first-order valence-corrected chi connectivity index (χ1v) is 11.3. The Hall–Kier alpha value is -3.65. The van der Waals surface area contributed by atoms with Crippen molar-refractivity contribution < 1.29 is 14.3 Å². The van der Waals surface area contributed by atoms with Crippen LogP contribution in [0.15, 0.2) is 53.5 Å². The molecule has 3 heterocycles. The Kier molecular flexibility index (Phi) is 5.17. The monoisotopic (exact) mass is 460 g/mol. The Bertz CT molecular complexity index is 1420. The second kappa shape index (κ2) is 8.04. The molecule has 0 spiro atoms. The van der Waals surface area contributed by atoms with E-state index in [9.17, 15) is 14.3 Å². The van der Waals surface area contributed by atoms with Crippen LogP contribution < -0.4 is 0 Å². The molecule has 0 unspecified atom stereocenters. The fourth-order valence-electron chi connectivity index (χ4n) is 4.19. The summed E-state index contributed by atoms with van der Waals surface area (Å²) < 4.78 is 16.2. The van der Waals surface area contributed by atoms with E-state index in [-0.39, 0.29) is 12.2 Å². The van der Waals surface area contributed by atoms with Crippen molar-refractivity contribution in [1.29, 1.82) is 0 Å². The molecular weight excluding hydrogens is 439 g/mol. The van der Waals surface area contributed by atoms with E-state index in [0.29, 0.717) is 22.9 Å². The zero-order chi connectivity index (χ0) is 23.3. The molecule has 1 aliphatic rings. The second-order valence-electron chi connectivity index (χ2n) is 8.05. The number of aromatic nitrogens is 3. The van der Waals surface area contributed by atoms with E-state index < -0.39 is 12.0 Å². The Morgan fingerprint density at radius 3 is 2.45 bits per heavy atom. The molecule has 166 valence electrons. The summed E-state index contributed by atoms with van der Waals surface area (Å²) in [5.41, 5.74) is 4.88. The number of carboxylic acid groups (broad SMARTS) is 1. The molecule has 0 amide bonds. The number of halogens is 1. The lowest BCUT2D eigenvalue weighted by Crippen LogP contribution is -2.10. The lowest BCUT2D eigenvalue weighted by atomic mass is 9.97. The van der Waals surface area contributed by atoms with Crippen LogP contribution in [0.1, 0.15) is 45.7 Å². The van der Waals surface area contributed by atoms with Gasteiger partial charge in [0.15, 0.2) is 5.82 Å². The Morgan fingerprint density at radius 1 is 1.06 bits per heavy atom. The van der Waals surface area contributed by atoms with Crippen LogP contribution in [-0.2, 0) is 4.79 Å². The van der Waals surface area contributed by atoms with Crippen LogP contribution in [0, 0.1) is 26.6 Å². The maximum absolute atomic E-state index is 14.3. The molecule has 33 heavy (non-hydrogen) atoms. The number of aliphatic imine (C=N–C) groups is 1. The predicted molar refractivity (Wildman–Crippen MR) is 126 cm³/mol. The van der Waals surface area contributed by atoms with E-state index in [1.165, 1.54) is 6.07 Å². The molecule has 4 aromatic rings. The first kappa shape index (κ1) is 21.2. The molecule has 8 heteroatoms. The van der Waals surface area contributed by atoms with Gasteiger partial charge in [0.2, 0.25) is 0 Å². The summed E-state index contributed by atoms with van der Waals surface area (Å²) >= 11 is 1.62. The molecular formula is C25H21FN4O2S. The molecule has 6 nitrogen and oxygen atoms in total. The van der Waals surface area contributed by atoms with Gasteiger partial charge in [0.25, 0.3) is 0 Å². The van der Waals surface area contributed by atoms with Crippen LogP contribution in [-0.4, -0.2) is 31.6 Å². The summed E-state index contributed by atoms with van der Waals surface area (Å²) in [5.74, 6) is -0.0217. The van der Waals surface area contributed by atoms with E-state index in [0.717, 1.165) is 32.1 Å². The molecule has 0 saturated heterocycles. The van der Waals surface area contributed by atoms with Gasteiger partial charge in [-0.25, -0.2) is 4.39 Å². The summed E-state index contributed by atoms with van der Waals surface area (Å²) in [5, 5.41) is 19.0. The first-order valence-electron chi connectivity index (χ1n) is 10.5. The molecule has 2 aromatic carbocycles. The molecule has 1 atom stereocenters. The molecule has 1 N–H and O–H groups in total. The number of thiophene rings is 1. The highest BCUT2D eigenvalue weighted by molar-refractivity contribution is 7.15. The highest BCUT2D eigenvalue weighted by atomic mass is 32.1. The van der Waals surface area contributed by atoms with Gasteiger partial charge >= 0.3 is 5.97 Å². The fourth-order valence-corrected chi connectivity index (χ4v) is 5.41. The zero-order valence-corrected chi connectivity index (χ0v) is 19.2. The summed E-state index contributed by atoms with van der Waals surface area (Å²) in [7, 11) is 0. The van der Waals surface area contributed by atoms with Crippen LogP contribution in [0.25, 0.3) is 16.1 Å². The van der Waals surface area contributed by atoms with Crippen molar-refractivity contribution in [2.24, 2.45) is 4.99 Å². The van der Waals surface area contributed by atoms with Gasteiger partial charge in [-0.3, -0.25) is 14.4 Å². The third-order valence-corrected chi connectivity index (χ3v) is 7.14. The second-order valence-corrected chi connectivity index (χ2v) is 9.26. The largest absolute Gasteiger partial charge is 0.481 e. The maximum atomic E-state index is 14.3. The van der Waals surface area contributed by atoms with Crippen molar-refractivity contribution in [3.05, 3.63) is 87.6 Å². The van der Waals surface area contributed by atoms with Crippen LogP contribution >= 0.6 is 11.3 Å². The summed E-state index contributed by atoms with van der Waals surface area (Å²) in [6.45, 7) is 5.96. The maximum Gasteiger partial charge on any atom is 0.306 e. The lowest BCUT2D eigenvalue weighted by molar-refractivity contribution is -0.137. The summed E-state index contributed by atoms with van der Waals surface area (Å²) in [6.07, 6.45) is -0.193. The number of aliphatic carboxylic acids is 1. The van der Waals surface area contributed by atoms with Crippen molar-refractivity contribution in [2.45, 2.75) is 33.2 Å². The van der Waals surface area contributed by atoms with Crippen molar-refractivity contribution >= 4 is 23.0 Å². The van der Waals surface area contributed by atoms with E-state index in [1.54, 1.807) is 29.5 Å². The highest BCUT2D eigenvalue weighted by Gasteiger charge is 2.32. The number of benzene rings is 2. The zero-order valence-electron chi connectivity index (χ0n) is 18.3. The Balaban J connectivity index is 1.70. The van der Waals surface area contributed by atoms with Crippen molar-refractivity contribution in [3.63, 3.8) is 0 Å². The highest BCUT2D eigenvalue weighted by Crippen LogP contribution is 2.39. The van der Waals surface area contributed by atoms with Crippen LogP contribution in [0.5, 0.6) is 0 Å². The number of carboxylic acids is 1. The molecule has 0 saturated carbocycles. The molecule has 0 fully saturated rings. The van der Waals surface area contributed by atoms with E-state index in [2.05, 4.69) is 17.1 Å². The van der Waals surface area contributed by atoms with Crippen LogP contribution in [0.3, 0.4) is 0 Å². The Morgan fingerprint density at radius 2 is 1.76 bits per heavy atom. The lowest BCUT2D eigenvalue weighted by Gasteiger charge is -2.11. The van der Waals surface area contributed by atoms with Crippen molar-refractivity contribution in [1.82, 2.24) is 14.8 Å². The minimum absolute atomic E-state index is 0.193. The topological polar surface area (TPSA) is 80.4 Å². The number of hydrogen-bond acceptors (Lipinski definition) is 5. The average Bonchev–Trinajstić information content (AvgIpc) is 3.26. The quantitative estimate of drug-likeness (QED) is 0.441. The van der Waals surface area contributed by atoms with Gasteiger partial charge < -0.3 is 5.11 Å². The van der Waals surface area contributed by atoms with Gasteiger partial charge in [-0.1, -0.05) is 42.5 Å². The van der Waals surface area contributed by atoms with Gasteiger partial charge in [0.05, 0.1) is 12.1 Å². The molecule has 0 radical (unpaired) electrons. The number of carbonyl (C=O) groups is 1. The number of aryl methyl sites for hydroxylation is 2. The summed E-state index contributed by atoms with van der Waals surface area (Å²) in [6, 6.07) is 13.5. The fraction of sp³-hybridized carbons (Fsp3) is 0.200. The third-order valence-electron chi connectivity index (χ3n) is 5.95. The van der Waals surface area contributed by atoms with E-state index >= 15 is 0 Å². The number of hydrogen-bond donors (Lipinski definition) is 1. The van der Waals surface area contributed by atoms with E-state index in [1.807, 2.05) is 42.7 Å². The van der Waals surface area contributed by atoms with Crippen LogP contribution in [0.2, 0.25) is 0 Å². The van der Waals surface area contributed by atoms with Gasteiger partial charge in [-0.05, 0) is 38.0 Å². The molecule has 0 bridgehead atoms. The first-order chi connectivity index (χ1) is 15.8. The minimum Gasteiger partial charge on any atom is -0.481 e. The standard InChI is InChI=1S/C25H21FN4O2S/c1-13-14(2)33-25-22(13)23(27-20(12-21(31)32)24-29-28-15(3)30(24)25)17-10-8-16(9-11-17)18-6-4-5-7-19(18)26/h4-11,20H,12H2,1-3H3,(H,31,32)/t20-/m0/s1. The van der Waals surface area contributed by atoms with Crippen LogP contribution in [0.4, 0.5) is 4.39 Å². The number of nitrogens with zero attached hydrogens (tertiary/aromatic N) is 4. The van der Waals surface area contributed by atoms with E-state index in [4.69, 9.17) is 4.99 Å². The van der Waals surface area contributed by atoms with Crippen molar-refractivity contribution in [2.75, 3.05) is 0 Å². The molecule has 1 aliphatic heterocycles. The SMILES string of the molecule is Cc1sc2c(c1C)C(c1ccc(-c3ccccc3F)cc1)=N[C@@H](CC(=O)O)c1nnc(C)n1-2. The summed E-state index contributed by atoms with van der Waals surface area (Å²) in [4.78, 5) is 17.7. The van der Waals surface area contributed by atoms with Gasteiger partial charge in [-0.2, -0.15) is 0 Å². The Labute approximate surface area is 194 Å². The smallest absolute Gasteiger partial charge is 0.306 e.